The second-order valence-electron chi connectivity index (χ2n) is 4.98. The summed E-state index contributed by atoms with van der Waals surface area (Å²) in [4.78, 5) is 26.6. The summed E-state index contributed by atoms with van der Waals surface area (Å²) in [5, 5.41) is 14.9. The summed E-state index contributed by atoms with van der Waals surface area (Å²) in [5.74, 6) is -0.336. The van der Waals surface area contributed by atoms with Crippen LogP contribution in [0, 0.1) is 0 Å². The fourth-order valence-corrected chi connectivity index (χ4v) is 1.96. The lowest BCUT2D eigenvalue weighted by Gasteiger charge is -2.14. The van der Waals surface area contributed by atoms with Gasteiger partial charge in [0, 0.05) is 18.7 Å². The molecular formula is C13H17N3O3. The molecular weight excluding hydrogens is 246 g/mol. The number of carbonyl (C=O) groups is 2. The Balaban J connectivity index is 2.23. The molecule has 1 fully saturated rings. The molecule has 1 aromatic heterocycles. The van der Waals surface area contributed by atoms with Crippen molar-refractivity contribution in [1.82, 2.24) is 10.3 Å². The molecule has 1 unspecified atom stereocenters. The maximum absolute atomic E-state index is 11.1. The molecule has 6 heteroatoms. The van der Waals surface area contributed by atoms with Gasteiger partial charge in [-0.2, -0.15) is 0 Å². The first kappa shape index (κ1) is 13.3. The van der Waals surface area contributed by atoms with Crippen molar-refractivity contribution >= 4 is 17.7 Å². The summed E-state index contributed by atoms with van der Waals surface area (Å²) >= 11 is 0. The highest BCUT2D eigenvalue weighted by atomic mass is 16.4. The van der Waals surface area contributed by atoms with E-state index < -0.39 is 5.97 Å². The number of pyridine rings is 1. The fourth-order valence-electron chi connectivity index (χ4n) is 1.96. The highest BCUT2D eigenvalue weighted by Gasteiger charge is 2.22. The van der Waals surface area contributed by atoms with Crippen molar-refractivity contribution < 1.29 is 14.7 Å². The van der Waals surface area contributed by atoms with Crippen LogP contribution in [0.1, 0.15) is 42.2 Å². The molecule has 1 aromatic rings. The molecule has 2 rings (SSSR count). The molecule has 1 atom stereocenters. The number of anilines is 1. The third-order valence-corrected chi connectivity index (χ3v) is 3.01. The Labute approximate surface area is 111 Å². The van der Waals surface area contributed by atoms with Crippen molar-refractivity contribution in [3.05, 3.63) is 23.4 Å². The first-order valence-electron chi connectivity index (χ1n) is 6.24. The first-order valence-corrected chi connectivity index (χ1v) is 6.24. The van der Waals surface area contributed by atoms with Crippen LogP contribution in [0.3, 0.4) is 0 Å². The lowest BCUT2D eigenvalue weighted by molar-refractivity contribution is -0.119. The maximum Gasteiger partial charge on any atom is 0.335 e. The monoisotopic (exact) mass is 263 g/mol. The molecule has 2 heterocycles. The van der Waals surface area contributed by atoms with Crippen LogP contribution in [0.15, 0.2) is 12.1 Å². The molecule has 1 aliphatic heterocycles. The topological polar surface area (TPSA) is 91.3 Å². The van der Waals surface area contributed by atoms with Crippen LogP contribution >= 0.6 is 0 Å². The van der Waals surface area contributed by atoms with Gasteiger partial charge >= 0.3 is 5.97 Å². The van der Waals surface area contributed by atoms with Gasteiger partial charge < -0.3 is 15.7 Å². The van der Waals surface area contributed by atoms with E-state index in [4.69, 9.17) is 5.11 Å². The number of nitrogens with one attached hydrogen (secondary N) is 2. The van der Waals surface area contributed by atoms with Crippen molar-refractivity contribution in [3.63, 3.8) is 0 Å². The Morgan fingerprint density at radius 1 is 1.53 bits per heavy atom. The number of carboxylic acid groups (broad SMARTS) is 1. The van der Waals surface area contributed by atoms with E-state index >= 15 is 0 Å². The zero-order valence-corrected chi connectivity index (χ0v) is 10.9. The highest BCUT2D eigenvalue weighted by Crippen LogP contribution is 2.19. The van der Waals surface area contributed by atoms with Crippen LogP contribution in [0.4, 0.5) is 5.82 Å². The number of amides is 1. The SMILES string of the molecule is CC(C)c1cc(C(=O)O)cc(NC2CNC(=O)C2)n1. The molecule has 1 amide bonds. The van der Waals surface area contributed by atoms with Gasteiger partial charge in [0.25, 0.3) is 0 Å². The van der Waals surface area contributed by atoms with Crippen molar-refractivity contribution in [3.8, 4) is 0 Å². The molecule has 0 spiro atoms. The Bertz CT molecular complexity index is 514. The minimum atomic E-state index is -0.979. The van der Waals surface area contributed by atoms with Crippen molar-refractivity contribution in [2.24, 2.45) is 0 Å². The average molecular weight is 263 g/mol. The van der Waals surface area contributed by atoms with E-state index in [0.29, 0.717) is 18.8 Å². The Morgan fingerprint density at radius 2 is 2.26 bits per heavy atom. The lowest BCUT2D eigenvalue weighted by atomic mass is 10.1. The fraction of sp³-hybridized carbons (Fsp3) is 0.462. The van der Waals surface area contributed by atoms with E-state index in [9.17, 15) is 9.59 Å². The van der Waals surface area contributed by atoms with Crippen LogP contribution in [0.5, 0.6) is 0 Å². The molecule has 0 bridgehead atoms. The zero-order chi connectivity index (χ0) is 14.0. The molecule has 1 saturated heterocycles. The van der Waals surface area contributed by atoms with E-state index in [2.05, 4.69) is 15.6 Å². The molecule has 102 valence electrons. The number of rotatable bonds is 4. The number of carboxylic acids is 1. The third-order valence-electron chi connectivity index (χ3n) is 3.01. The van der Waals surface area contributed by atoms with E-state index in [1.807, 2.05) is 13.8 Å². The second kappa shape index (κ2) is 5.26. The number of hydrogen-bond acceptors (Lipinski definition) is 4. The maximum atomic E-state index is 11.1. The van der Waals surface area contributed by atoms with E-state index in [-0.39, 0.29) is 23.4 Å². The van der Waals surface area contributed by atoms with Crippen LogP contribution in [0.2, 0.25) is 0 Å². The molecule has 6 nitrogen and oxygen atoms in total. The molecule has 0 saturated carbocycles. The molecule has 0 aromatic carbocycles. The molecule has 0 radical (unpaired) electrons. The lowest BCUT2D eigenvalue weighted by Crippen LogP contribution is -2.23. The van der Waals surface area contributed by atoms with Gasteiger partial charge in [-0.1, -0.05) is 13.8 Å². The van der Waals surface area contributed by atoms with Gasteiger partial charge in [-0.25, -0.2) is 9.78 Å². The minimum absolute atomic E-state index is 0.00373. The van der Waals surface area contributed by atoms with Crippen LogP contribution < -0.4 is 10.6 Å². The predicted octanol–water partition coefficient (Wildman–Crippen LogP) is 1.20. The number of nitrogens with zero attached hydrogens (tertiary/aromatic N) is 1. The van der Waals surface area contributed by atoms with Gasteiger partial charge in [0.2, 0.25) is 5.91 Å². The number of hydrogen-bond donors (Lipinski definition) is 3. The van der Waals surface area contributed by atoms with E-state index in [1.165, 1.54) is 6.07 Å². The van der Waals surface area contributed by atoms with Gasteiger partial charge in [0.1, 0.15) is 5.82 Å². The Kier molecular flexibility index (Phi) is 3.69. The van der Waals surface area contributed by atoms with Crippen molar-refractivity contribution in [1.29, 1.82) is 0 Å². The third kappa shape index (κ3) is 3.21. The van der Waals surface area contributed by atoms with Crippen LogP contribution in [0.25, 0.3) is 0 Å². The molecule has 1 aliphatic rings. The van der Waals surface area contributed by atoms with Gasteiger partial charge in [-0.15, -0.1) is 0 Å². The summed E-state index contributed by atoms with van der Waals surface area (Å²) in [6.07, 6.45) is 0.385. The standard InChI is InChI=1S/C13H17N3O3/c1-7(2)10-3-8(13(18)19)4-11(16-10)15-9-5-12(17)14-6-9/h3-4,7,9H,5-6H2,1-2H3,(H,14,17)(H,15,16)(H,18,19). The number of carbonyl (C=O) groups excluding carboxylic acids is 1. The van der Waals surface area contributed by atoms with Crippen molar-refractivity contribution in [2.75, 3.05) is 11.9 Å². The average Bonchev–Trinajstić information content (AvgIpc) is 2.74. The summed E-state index contributed by atoms with van der Waals surface area (Å²) in [7, 11) is 0. The summed E-state index contributed by atoms with van der Waals surface area (Å²) in [6.45, 7) is 4.45. The normalized spacial score (nSPS) is 18.5. The smallest absolute Gasteiger partial charge is 0.335 e. The van der Waals surface area contributed by atoms with E-state index in [1.54, 1.807) is 6.07 Å². The first-order chi connectivity index (χ1) is 8.95. The van der Waals surface area contributed by atoms with Gasteiger partial charge in [-0.3, -0.25) is 4.79 Å². The quantitative estimate of drug-likeness (QED) is 0.759. The molecule has 19 heavy (non-hydrogen) atoms. The Morgan fingerprint density at radius 3 is 2.79 bits per heavy atom. The molecule has 0 aliphatic carbocycles. The predicted molar refractivity (Wildman–Crippen MR) is 70.3 cm³/mol. The highest BCUT2D eigenvalue weighted by molar-refractivity contribution is 5.88. The minimum Gasteiger partial charge on any atom is -0.478 e. The van der Waals surface area contributed by atoms with Gasteiger partial charge in [-0.05, 0) is 18.1 Å². The van der Waals surface area contributed by atoms with Crippen LogP contribution in [-0.4, -0.2) is 34.6 Å². The summed E-state index contributed by atoms with van der Waals surface area (Å²) in [6, 6.07) is 3.04. The largest absolute Gasteiger partial charge is 0.478 e. The van der Waals surface area contributed by atoms with E-state index in [0.717, 1.165) is 5.69 Å². The second-order valence-corrected chi connectivity index (χ2v) is 4.98. The van der Waals surface area contributed by atoms with Gasteiger partial charge in [0.05, 0.1) is 11.6 Å². The summed E-state index contributed by atoms with van der Waals surface area (Å²) in [5.41, 5.74) is 0.929. The van der Waals surface area contributed by atoms with Crippen molar-refractivity contribution in [2.45, 2.75) is 32.2 Å². The number of aromatic carboxylic acids is 1. The number of aromatic nitrogens is 1. The molecule has 3 N–H and O–H groups in total. The van der Waals surface area contributed by atoms with Gasteiger partial charge in [0.15, 0.2) is 0 Å². The van der Waals surface area contributed by atoms with Crippen LogP contribution in [-0.2, 0) is 4.79 Å². The Hall–Kier alpha value is -2.11. The zero-order valence-electron chi connectivity index (χ0n) is 10.9. The summed E-state index contributed by atoms with van der Waals surface area (Å²) < 4.78 is 0.